The van der Waals surface area contributed by atoms with E-state index in [1.165, 1.54) is 0 Å². The molecular formula is C15H27NO3. The number of carbonyl (C=O) groups is 1. The molecule has 1 unspecified atom stereocenters. The van der Waals surface area contributed by atoms with Crippen molar-refractivity contribution in [3.8, 4) is 0 Å². The van der Waals surface area contributed by atoms with Crippen molar-refractivity contribution < 1.29 is 14.3 Å². The fraction of sp³-hybridized carbons (Fsp3) is 0.933. The van der Waals surface area contributed by atoms with Gasteiger partial charge in [0.15, 0.2) is 0 Å². The van der Waals surface area contributed by atoms with Gasteiger partial charge in [-0.25, -0.2) is 4.79 Å². The molecule has 2 aliphatic rings. The molecule has 2 heterocycles. The average molecular weight is 269 g/mol. The Balaban J connectivity index is 2.08. The minimum Gasteiger partial charge on any atom is -0.444 e. The molecule has 19 heavy (non-hydrogen) atoms. The standard InChI is InChI=1S/C15H27NO3/c1-14(2,3)19-13(17)16-9-5-8-15(16,4)12-6-10-18-11-7-12/h12H,5-11H2,1-4H3. The Morgan fingerprint density at radius 3 is 2.53 bits per heavy atom. The number of ether oxygens (including phenoxy) is 2. The molecule has 2 aliphatic heterocycles. The Hall–Kier alpha value is -0.770. The van der Waals surface area contributed by atoms with Crippen LogP contribution in [0.3, 0.4) is 0 Å². The Kier molecular flexibility index (Phi) is 4.09. The van der Waals surface area contributed by atoms with E-state index in [4.69, 9.17) is 9.47 Å². The van der Waals surface area contributed by atoms with Crippen molar-refractivity contribution in [1.82, 2.24) is 4.90 Å². The van der Waals surface area contributed by atoms with E-state index < -0.39 is 5.60 Å². The van der Waals surface area contributed by atoms with Crippen LogP contribution in [0.5, 0.6) is 0 Å². The molecule has 4 heteroatoms. The third-order valence-electron chi connectivity index (χ3n) is 4.40. The zero-order chi connectivity index (χ0) is 14.1. The number of hydrogen-bond donors (Lipinski definition) is 0. The summed E-state index contributed by atoms with van der Waals surface area (Å²) in [7, 11) is 0. The third-order valence-corrected chi connectivity index (χ3v) is 4.40. The number of hydrogen-bond acceptors (Lipinski definition) is 3. The van der Waals surface area contributed by atoms with Crippen molar-refractivity contribution in [2.45, 2.75) is 64.5 Å². The Bertz CT molecular complexity index is 331. The van der Waals surface area contributed by atoms with Crippen LogP contribution in [0.15, 0.2) is 0 Å². The number of nitrogens with zero attached hydrogens (tertiary/aromatic N) is 1. The fourth-order valence-electron chi connectivity index (χ4n) is 3.35. The van der Waals surface area contributed by atoms with Crippen LogP contribution in [0.25, 0.3) is 0 Å². The molecule has 4 nitrogen and oxygen atoms in total. The van der Waals surface area contributed by atoms with Gasteiger partial charge in [-0.05, 0) is 59.3 Å². The summed E-state index contributed by atoms with van der Waals surface area (Å²) in [5.74, 6) is 0.538. The quantitative estimate of drug-likeness (QED) is 0.733. The molecule has 0 spiro atoms. The van der Waals surface area contributed by atoms with E-state index in [1.54, 1.807) is 0 Å². The van der Waals surface area contributed by atoms with Gasteiger partial charge in [-0.2, -0.15) is 0 Å². The average Bonchev–Trinajstić information content (AvgIpc) is 2.72. The van der Waals surface area contributed by atoms with E-state index in [1.807, 2.05) is 25.7 Å². The highest BCUT2D eigenvalue weighted by molar-refractivity contribution is 5.69. The molecule has 0 aromatic heterocycles. The van der Waals surface area contributed by atoms with Gasteiger partial charge in [0, 0.05) is 25.3 Å². The number of carbonyl (C=O) groups excluding carboxylic acids is 1. The molecule has 0 bridgehead atoms. The van der Waals surface area contributed by atoms with Crippen molar-refractivity contribution >= 4 is 6.09 Å². The predicted octanol–water partition coefficient (Wildman–Crippen LogP) is 3.20. The highest BCUT2D eigenvalue weighted by Gasteiger charge is 2.46. The molecule has 110 valence electrons. The second-order valence-electron chi connectivity index (χ2n) is 6.98. The molecule has 2 fully saturated rings. The zero-order valence-corrected chi connectivity index (χ0v) is 12.7. The van der Waals surface area contributed by atoms with E-state index in [-0.39, 0.29) is 11.6 Å². The van der Waals surface area contributed by atoms with Gasteiger partial charge in [0.05, 0.1) is 0 Å². The topological polar surface area (TPSA) is 38.8 Å². The van der Waals surface area contributed by atoms with Gasteiger partial charge in [0.25, 0.3) is 0 Å². The normalized spacial score (nSPS) is 29.6. The number of likely N-dealkylation sites (tertiary alicyclic amines) is 1. The van der Waals surface area contributed by atoms with Crippen molar-refractivity contribution in [3.63, 3.8) is 0 Å². The third kappa shape index (κ3) is 3.22. The van der Waals surface area contributed by atoms with Gasteiger partial charge in [0.1, 0.15) is 5.60 Å². The maximum absolute atomic E-state index is 12.4. The monoisotopic (exact) mass is 269 g/mol. The maximum atomic E-state index is 12.4. The van der Waals surface area contributed by atoms with Gasteiger partial charge in [-0.15, -0.1) is 0 Å². The number of rotatable bonds is 1. The Labute approximate surface area is 116 Å². The lowest BCUT2D eigenvalue weighted by molar-refractivity contribution is -0.0245. The van der Waals surface area contributed by atoms with Gasteiger partial charge in [-0.3, -0.25) is 0 Å². The molecule has 0 radical (unpaired) electrons. The zero-order valence-electron chi connectivity index (χ0n) is 12.7. The Morgan fingerprint density at radius 1 is 1.32 bits per heavy atom. The maximum Gasteiger partial charge on any atom is 0.410 e. The summed E-state index contributed by atoms with van der Waals surface area (Å²) in [4.78, 5) is 14.4. The molecule has 2 saturated heterocycles. The summed E-state index contributed by atoms with van der Waals surface area (Å²) in [5.41, 5.74) is -0.470. The summed E-state index contributed by atoms with van der Waals surface area (Å²) in [6, 6.07) is 0. The SMILES string of the molecule is CC(C)(C)OC(=O)N1CCCC1(C)C1CCOCC1. The second-order valence-corrected chi connectivity index (χ2v) is 6.98. The molecule has 0 saturated carbocycles. The summed E-state index contributed by atoms with van der Waals surface area (Å²) < 4.78 is 11.0. The number of amides is 1. The van der Waals surface area contributed by atoms with Gasteiger partial charge >= 0.3 is 6.09 Å². The first-order valence-corrected chi connectivity index (χ1v) is 7.41. The van der Waals surface area contributed by atoms with Crippen LogP contribution in [-0.4, -0.2) is 41.9 Å². The summed E-state index contributed by atoms with van der Waals surface area (Å²) in [6.45, 7) is 10.5. The molecule has 2 rings (SSSR count). The first-order valence-electron chi connectivity index (χ1n) is 7.41. The molecular weight excluding hydrogens is 242 g/mol. The molecule has 0 aromatic carbocycles. The summed E-state index contributed by atoms with van der Waals surface area (Å²) in [5, 5.41) is 0. The summed E-state index contributed by atoms with van der Waals surface area (Å²) in [6.07, 6.45) is 4.11. The minimum absolute atomic E-state index is 0.0495. The molecule has 0 N–H and O–H groups in total. The highest BCUT2D eigenvalue weighted by Crippen LogP contribution is 2.41. The predicted molar refractivity (Wildman–Crippen MR) is 74.1 cm³/mol. The largest absolute Gasteiger partial charge is 0.444 e. The lowest BCUT2D eigenvalue weighted by Crippen LogP contribution is -2.52. The van der Waals surface area contributed by atoms with Gasteiger partial charge in [-0.1, -0.05) is 0 Å². The van der Waals surface area contributed by atoms with Crippen LogP contribution >= 0.6 is 0 Å². The van der Waals surface area contributed by atoms with Crippen molar-refractivity contribution in [2.24, 2.45) is 5.92 Å². The highest BCUT2D eigenvalue weighted by atomic mass is 16.6. The smallest absolute Gasteiger partial charge is 0.410 e. The lowest BCUT2D eigenvalue weighted by Gasteiger charge is -2.43. The van der Waals surface area contributed by atoms with E-state index in [9.17, 15) is 4.79 Å². The van der Waals surface area contributed by atoms with E-state index >= 15 is 0 Å². The second kappa shape index (κ2) is 5.31. The molecule has 0 aromatic rings. The van der Waals surface area contributed by atoms with Crippen LogP contribution in [0.2, 0.25) is 0 Å². The first-order chi connectivity index (χ1) is 8.83. The van der Waals surface area contributed by atoms with Crippen LogP contribution in [0.1, 0.15) is 53.4 Å². The van der Waals surface area contributed by atoms with Crippen molar-refractivity contribution in [3.05, 3.63) is 0 Å². The lowest BCUT2D eigenvalue weighted by atomic mass is 9.78. The molecule has 1 amide bonds. The fourth-order valence-corrected chi connectivity index (χ4v) is 3.35. The van der Waals surface area contributed by atoms with Crippen LogP contribution in [0, 0.1) is 5.92 Å². The molecule has 0 aliphatic carbocycles. The van der Waals surface area contributed by atoms with Crippen molar-refractivity contribution in [1.29, 1.82) is 0 Å². The Morgan fingerprint density at radius 2 is 1.95 bits per heavy atom. The van der Waals surface area contributed by atoms with Crippen LogP contribution in [0.4, 0.5) is 4.79 Å². The van der Waals surface area contributed by atoms with Gasteiger partial charge in [0.2, 0.25) is 0 Å². The molecule has 1 atom stereocenters. The first kappa shape index (κ1) is 14.6. The van der Waals surface area contributed by atoms with Gasteiger partial charge < -0.3 is 14.4 Å². The van der Waals surface area contributed by atoms with E-state index in [0.29, 0.717) is 5.92 Å². The minimum atomic E-state index is -0.420. The van der Waals surface area contributed by atoms with Crippen LogP contribution < -0.4 is 0 Å². The van der Waals surface area contributed by atoms with E-state index in [2.05, 4.69) is 6.92 Å². The van der Waals surface area contributed by atoms with Crippen LogP contribution in [-0.2, 0) is 9.47 Å². The summed E-state index contributed by atoms with van der Waals surface area (Å²) >= 11 is 0. The van der Waals surface area contributed by atoms with Crippen molar-refractivity contribution in [2.75, 3.05) is 19.8 Å². The van der Waals surface area contributed by atoms with E-state index in [0.717, 1.165) is 45.4 Å².